The Morgan fingerprint density at radius 1 is 1.58 bits per heavy atom. The Balaban J connectivity index is 2.08. The Morgan fingerprint density at radius 2 is 2.37 bits per heavy atom. The molecule has 1 atom stereocenters. The fraction of sp³-hybridized carbons (Fsp3) is 0.357. The fourth-order valence-corrected chi connectivity index (χ4v) is 2.10. The quantitative estimate of drug-likeness (QED) is 0.889. The molecule has 19 heavy (non-hydrogen) atoms. The summed E-state index contributed by atoms with van der Waals surface area (Å²) in [7, 11) is 0. The van der Waals surface area contributed by atoms with Gasteiger partial charge >= 0.3 is 0 Å². The van der Waals surface area contributed by atoms with Gasteiger partial charge in [-0.15, -0.1) is 0 Å². The topological polar surface area (TPSA) is 58.6 Å². The second kappa shape index (κ2) is 6.21. The number of carbonyl (C=O) groups is 1. The van der Waals surface area contributed by atoms with Crippen LogP contribution in [0.2, 0.25) is 0 Å². The van der Waals surface area contributed by atoms with Gasteiger partial charge in [0.2, 0.25) is 0 Å². The molecule has 0 saturated carbocycles. The van der Waals surface area contributed by atoms with Crippen LogP contribution in [0.4, 0.5) is 0 Å². The largest absolute Gasteiger partial charge is 0.488 e. The van der Waals surface area contributed by atoms with E-state index in [0.29, 0.717) is 12.1 Å². The number of hydrogen-bond donors (Lipinski definition) is 2. The second-order valence-electron chi connectivity index (χ2n) is 4.64. The number of carbonyl (C=O) groups excluding carboxylic acids is 1. The average Bonchev–Trinajstić information content (AvgIpc) is 2.43. The molecule has 5 heteroatoms. The van der Waals surface area contributed by atoms with Crippen molar-refractivity contribution in [2.24, 2.45) is 5.92 Å². The zero-order valence-electron chi connectivity index (χ0n) is 10.6. The molecule has 0 aromatic heterocycles. The first-order valence-corrected chi connectivity index (χ1v) is 6.91. The number of amides is 1. The van der Waals surface area contributed by atoms with Crippen molar-refractivity contribution >= 4 is 27.9 Å². The van der Waals surface area contributed by atoms with Crippen LogP contribution >= 0.6 is 15.9 Å². The van der Waals surface area contributed by atoms with Gasteiger partial charge in [0.25, 0.3) is 5.91 Å². The normalized spacial score (nSPS) is 15.0. The number of halogens is 1. The molecule has 0 spiro atoms. The summed E-state index contributed by atoms with van der Waals surface area (Å²) in [6.45, 7) is 2.66. The Morgan fingerprint density at radius 3 is 3.11 bits per heavy atom. The SMILES string of the molecule is CC(CO)CNC(=O)C1=Cc2cc(Br)ccc2OC1. The van der Waals surface area contributed by atoms with E-state index in [0.717, 1.165) is 15.8 Å². The van der Waals surface area contributed by atoms with Crippen LogP contribution in [-0.2, 0) is 4.79 Å². The van der Waals surface area contributed by atoms with Gasteiger partial charge in [-0.3, -0.25) is 4.79 Å². The molecule has 0 fully saturated rings. The molecule has 1 aliphatic rings. The van der Waals surface area contributed by atoms with Crippen molar-refractivity contribution in [2.75, 3.05) is 19.8 Å². The van der Waals surface area contributed by atoms with Gasteiger partial charge in [-0.05, 0) is 30.2 Å². The summed E-state index contributed by atoms with van der Waals surface area (Å²) in [6.07, 6.45) is 1.84. The van der Waals surface area contributed by atoms with Crippen LogP contribution < -0.4 is 10.1 Å². The molecule has 1 aromatic rings. The first-order chi connectivity index (χ1) is 9.10. The van der Waals surface area contributed by atoms with Crippen LogP contribution in [0.1, 0.15) is 12.5 Å². The summed E-state index contributed by atoms with van der Waals surface area (Å²) in [6, 6.07) is 5.69. The number of benzene rings is 1. The number of fused-ring (bicyclic) bond motifs is 1. The van der Waals surface area contributed by atoms with E-state index in [-0.39, 0.29) is 25.0 Å². The van der Waals surface area contributed by atoms with Crippen LogP contribution in [0, 0.1) is 5.92 Å². The number of aliphatic hydroxyl groups excluding tert-OH is 1. The van der Waals surface area contributed by atoms with Crippen LogP contribution in [0.25, 0.3) is 6.08 Å². The molecule has 4 nitrogen and oxygen atoms in total. The lowest BCUT2D eigenvalue weighted by Crippen LogP contribution is -2.32. The van der Waals surface area contributed by atoms with Gasteiger partial charge in [-0.25, -0.2) is 0 Å². The third-order valence-electron chi connectivity index (χ3n) is 2.90. The predicted octanol–water partition coefficient (Wildman–Crippen LogP) is 1.97. The molecule has 1 amide bonds. The fourth-order valence-electron chi connectivity index (χ4n) is 1.72. The highest BCUT2D eigenvalue weighted by Crippen LogP contribution is 2.29. The number of aliphatic hydroxyl groups is 1. The number of ether oxygens (including phenoxy) is 1. The Hall–Kier alpha value is -1.33. The van der Waals surface area contributed by atoms with Crippen molar-refractivity contribution in [1.29, 1.82) is 0 Å². The van der Waals surface area contributed by atoms with Gasteiger partial charge in [0.05, 0.1) is 5.57 Å². The van der Waals surface area contributed by atoms with E-state index >= 15 is 0 Å². The summed E-state index contributed by atoms with van der Waals surface area (Å²) < 4.78 is 6.49. The minimum absolute atomic E-state index is 0.0514. The van der Waals surface area contributed by atoms with E-state index in [2.05, 4.69) is 21.2 Å². The number of hydrogen-bond acceptors (Lipinski definition) is 3. The van der Waals surface area contributed by atoms with Gasteiger partial charge < -0.3 is 15.2 Å². The summed E-state index contributed by atoms with van der Waals surface area (Å²) in [5.41, 5.74) is 1.48. The van der Waals surface area contributed by atoms with E-state index in [1.165, 1.54) is 0 Å². The van der Waals surface area contributed by atoms with E-state index in [9.17, 15) is 4.79 Å². The molecule has 1 aromatic carbocycles. The monoisotopic (exact) mass is 325 g/mol. The molecule has 0 saturated heterocycles. The maximum absolute atomic E-state index is 12.0. The average molecular weight is 326 g/mol. The maximum atomic E-state index is 12.0. The van der Waals surface area contributed by atoms with Crippen molar-refractivity contribution in [3.63, 3.8) is 0 Å². The van der Waals surface area contributed by atoms with Gasteiger partial charge in [-0.1, -0.05) is 22.9 Å². The zero-order chi connectivity index (χ0) is 13.8. The Labute approximate surface area is 120 Å². The van der Waals surface area contributed by atoms with Crippen molar-refractivity contribution in [3.8, 4) is 5.75 Å². The molecule has 2 N–H and O–H groups in total. The van der Waals surface area contributed by atoms with Crippen LogP contribution in [-0.4, -0.2) is 30.8 Å². The van der Waals surface area contributed by atoms with Crippen LogP contribution in [0.15, 0.2) is 28.2 Å². The summed E-state index contributed by atoms with van der Waals surface area (Å²) in [5, 5.41) is 11.7. The molecule has 1 unspecified atom stereocenters. The van der Waals surface area contributed by atoms with Crippen molar-refractivity contribution in [1.82, 2.24) is 5.32 Å². The van der Waals surface area contributed by atoms with Crippen molar-refractivity contribution in [3.05, 3.63) is 33.8 Å². The van der Waals surface area contributed by atoms with Gasteiger partial charge in [-0.2, -0.15) is 0 Å². The molecule has 2 rings (SSSR count). The molecule has 102 valence electrons. The lowest BCUT2D eigenvalue weighted by molar-refractivity contribution is -0.118. The number of rotatable bonds is 4. The third kappa shape index (κ3) is 3.58. The van der Waals surface area contributed by atoms with Crippen LogP contribution in [0.5, 0.6) is 5.75 Å². The Kier molecular flexibility index (Phi) is 4.61. The first kappa shape index (κ1) is 14.1. The molecule has 0 radical (unpaired) electrons. The first-order valence-electron chi connectivity index (χ1n) is 6.12. The summed E-state index contributed by atoms with van der Waals surface area (Å²) in [5.74, 6) is 0.685. The predicted molar refractivity (Wildman–Crippen MR) is 76.9 cm³/mol. The molecule has 0 aliphatic carbocycles. The highest BCUT2D eigenvalue weighted by Gasteiger charge is 2.17. The van der Waals surface area contributed by atoms with E-state index < -0.39 is 0 Å². The summed E-state index contributed by atoms with van der Waals surface area (Å²) in [4.78, 5) is 12.0. The van der Waals surface area contributed by atoms with Crippen LogP contribution in [0.3, 0.4) is 0 Å². The van der Waals surface area contributed by atoms with E-state index in [4.69, 9.17) is 9.84 Å². The van der Waals surface area contributed by atoms with E-state index in [1.807, 2.05) is 31.2 Å². The second-order valence-corrected chi connectivity index (χ2v) is 5.55. The zero-order valence-corrected chi connectivity index (χ0v) is 12.2. The molecular formula is C14H16BrNO3. The standard InChI is InChI=1S/C14H16BrNO3/c1-9(7-17)6-16-14(18)11-4-10-5-12(15)2-3-13(10)19-8-11/h2-5,9,17H,6-8H2,1H3,(H,16,18). The molecule has 1 heterocycles. The minimum Gasteiger partial charge on any atom is -0.488 e. The highest BCUT2D eigenvalue weighted by molar-refractivity contribution is 9.10. The van der Waals surface area contributed by atoms with Gasteiger partial charge in [0, 0.05) is 23.2 Å². The smallest absolute Gasteiger partial charge is 0.250 e. The van der Waals surface area contributed by atoms with Crippen molar-refractivity contribution in [2.45, 2.75) is 6.92 Å². The maximum Gasteiger partial charge on any atom is 0.250 e. The van der Waals surface area contributed by atoms with Crippen molar-refractivity contribution < 1.29 is 14.6 Å². The lowest BCUT2D eigenvalue weighted by Gasteiger charge is -2.18. The van der Waals surface area contributed by atoms with Gasteiger partial charge in [0.15, 0.2) is 0 Å². The third-order valence-corrected chi connectivity index (χ3v) is 3.39. The van der Waals surface area contributed by atoms with Gasteiger partial charge in [0.1, 0.15) is 12.4 Å². The lowest BCUT2D eigenvalue weighted by atomic mass is 10.1. The molecular weight excluding hydrogens is 310 g/mol. The Bertz CT molecular complexity index is 513. The summed E-state index contributed by atoms with van der Waals surface area (Å²) >= 11 is 3.39. The van der Waals surface area contributed by atoms with E-state index in [1.54, 1.807) is 0 Å². The highest BCUT2D eigenvalue weighted by atomic mass is 79.9. The minimum atomic E-state index is -0.147. The molecule has 0 bridgehead atoms. The molecule has 1 aliphatic heterocycles. The number of nitrogens with one attached hydrogen (secondary N) is 1.